The van der Waals surface area contributed by atoms with Gasteiger partial charge in [-0.2, -0.15) is 0 Å². The van der Waals surface area contributed by atoms with E-state index in [9.17, 15) is 18.3 Å². The number of halogens is 3. The van der Waals surface area contributed by atoms with Crippen LogP contribution in [0.15, 0.2) is 61.2 Å². The molecule has 0 amide bonds. The third-order valence-corrected chi connectivity index (χ3v) is 3.55. The average Bonchev–Trinajstić information content (AvgIpc) is 3.10. The number of hydrogen-bond acceptors (Lipinski definition) is 4. The Hall–Kier alpha value is -3.16. The molecule has 3 aromatic rings. The molecule has 0 aliphatic carbocycles. The van der Waals surface area contributed by atoms with Crippen LogP contribution in [0, 0.1) is 0 Å². The Balaban J connectivity index is 1.67. The molecule has 0 spiro atoms. The van der Waals surface area contributed by atoms with E-state index >= 15 is 0 Å². The zero-order valence-corrected chi connectivity index (χ0v) is 13.5. The van der Waals surface area contributed by atoms with E-state index < -0.39 is 17.9 Å². The number of aromatic hydroxyl groups is 1. The second-order valence-electron chi connectivity index (χ2n) is 5.40. The molecule has 1 heterocycles. The SMILES string of the molecule is Oc1ccc(-c2ccc(OCCn3ccnc3)cc2)cc1OC(F)(F)F. The second kappa shape index (κ2) is 7.38. The highest BCUT2D eigenvalue weighted by molar-refractivity contribution is 5.67. The number of alkyl halides is 3. The van der Waals surface area contributed by atoms with Crippen LogP contribution in [0.1, 0.15) is 0 Å². The highest BCUT2D eigenvalue weighted by Crippen LogP contribution is 2.35. The second-order valence-corrected chi connectivity index (χ2v) is 5.40. The zero-order valence-electron chi connectivity index (χ0n) is 13.5. The van der Waals surface area contributed by atoms with E-state index in [4.69, 9.17) is 4.74 Å². The van der Waals surface area contributed by atoms with Crippen molar-refractivity contribution >= 4 is 0 Å². The Bertz CT molecular complexity index is 847. The molecule has 8 heteroatoms. The molecular weight excluding hydrogens is 349 g/mol. The van der Waals surface area contributed by atoms with E-state index in [1.165, 1.54) is 6.07 Å². The molecule has 0 bridgehead atoms. The molecule has 0 atom stereocenters. The highest BCUT2D eigenvalue weighted by atomic mass is 19.4. The van der Waals surface area contributed by atoms with Crippen molar-refractivity contribution < 1.29 is 27.8 Å². The molecule has 0 saturated carbocycles. The largest absolute Gasteiger partial charge is 0.573 e. The van der Waals surface area contributed by atoms with Gasteiger partial charge in [0.15, 0.2) is 11.5 Å². The van der Waals surface area contributed by atoms with Gasteiger partial charge in [0.2, 0.25) is 0 Å². The molecule has 0 aliphatic rings. The molecule has 5 nitrogen and oxygen atoms in total. The zero-order chi connectivity index (χ0) is 18.6. The van der Waals surface area contributed by atoms with Crippen molar-refractivity contribution in [2.24, 2.45) is 0 Å². The van der Waals surface area contributed by atoms with Crippen molar-refractivity contribution in [1.29, 1.82) is 0 Å². The van der Waals surface area contributed by atoms with Crippen LogP contribution in [0.4, 0.5) is 13.2 Å². The average molecular weight is 364 g/mol. The maximum atomic E-state index is 12.4. The van der Waals surface area contributed by atoms with Gasteiger partial charge in [-0.15, -0.1) is 13.2 Å². The summed E-state index contributed by atoms with van der Waals surface area (Å²) in [5, 5.41) is 9.51. The number of hydrogen-bond donors (Lipinski definition) is 1. The summed E-state index contributed by atoms with van der Waals surface area (Å²) in [4.78, 5) is 3.94. The van der Waals surface area contributed by atoms with Crippen molar-refractivity contribution in [3.05, 3.63) is 61.2 Å². The quantitative estimate of drug-likeness (QED) is 0.711. The summed E-state index contributed by atoms with van der Waals surface area (Å²) < 4.78 is 48.4. The fourth-order valence-electron chi connectivity index (χ4n) is 2.33. The number of nitrogens with zero attached hydrogens (tertiary/aromatic N) is 2. The maximum Gasteiger partial charge on any atom is 0.573 e. The van der Waals surface area contributed by atoms with Crippen LogP contribution in [0.2, 0.25) is 0 Å². The van der Waals surface area contributed by atoms with Crippen LogP contribution in [0.25, 0.3) is 11.1 Å². The summed E-state index contributed by atoms with van der Waals surface area (Å²) >= 11 is 0. The molecule has 136 valence electrons. The number of rotatable bonds is 6. The lowest BCUT2D eigenvalue weighted by Gasteiger charge is -2.12. The number of phenolic OH excluding ortho intramolecular Hbond substituents is 1. The lowest BCUT2D eigenvalue weighted by atomic mass is 10.1. The van der Waals surface area contributed by atoms with Gasteiger partial charge in [-0.05, 0) is 35.4 Å². The smallest absolute Gasteiger partial charge is 0.504 e. The van der Waals surface area contributed by atoms with Gasteiger partial charge in [0.1, 0.15) is 12.4 Å². The highest BCUT2D eigenvalue weighted by Gasteiger charge is 2.32. The van der Waals surface area contributed by atoms with E-state index in [-0.39, 0.29) is 0 Å². The van der Waals surface area contributed by atoms with Crippen LogP contribution in [-0.4, -0.2) is 27.6 Å². The van der Waals surface area contributed by atoms with Crippen LogP contribution < -0.4 is 9.47 Å². The van der Waals surface area contributed by atoms with Crippen LogP contribution in [-0.2, 0) is 6.54 Å². The van der Waals surface area contributed by atoms with Crippen LogP contribution >= 0.6 is 0 Å². The molecule has 1 aromatic heterocycles. The van der Waals surface area contributed by atoms with Gasteiger partial charge in [-0.1, -0.05) is 18.2 Å². The first-order chi connectivity index (χ1) is 12.4. The topological polar surface area (TPSA) is 56.5 Å². The summed E-state index contributed by atoms with van der Waals surface area (Å²) in [6, 6.07) is 10.7. The Morgan fingerprint density at radius 1 is 1.04 bits per heavy atom. The van der Waals surface area contributed by atoms with Crippen molar-refractivity contribution in [3.8, 4) is 28.4 Å². The Morgan fingerprint density at radius 2 is 1.77 bits per heavy atom. The molecule has 0 radical (unpaired) electrons. The third-order valence-electron chi connectivity index (χ3n) is 3.55. The van der Waals surface area contributed by atoms with E-state index in [0.29, 0.717) is 30.0 Å². The minimum atomic E-state index is -4.87. The van der Waals surface area contributed by atoms with E-state index in [1.807, 2.05) is 10.8 Å². The standard InChI is InChI=1S/C18H15F3N2O3/c19-18(20,21)26-17-11-14(3-6-16(17)24)13-1-4-15(5-2-13)25-10-9-23-8-7-22-12-23/h1-8,11-12,24H,9-10H2. The van der Waals surface area contributed by atoms with Crippen molar-refractivity contribution in [3.63, 3.8) is 0 Å². The van der Waals surface area contributed by atoms with Gasteiger partial charge in [-0.25, -0.2) is 4.98 Å². The summed E-state index contributed by atoms with van der Waals surface area (Å²) in [5.74, 6) is -0.583. The van der Waals surface area contributed by atoms with Gasteiger partial charge in [-0.3, -0.25) is 0 Å². The molecule has 3 rings (SSSR count). The predicted octanol–water partition coefficient (Wildman–Crippen LogP) is 4.23. The summed E-state index contributed by atoms with van der Waals surface area (Å²) in [6.45, 7) is 1.11. The Labute approximate surface area is 147 Å². The Morgan fingerprint density at radius 3 is 2.42 bits per heavy atom. The summed E-state index contributed by atoms with van der Waals surface area (Å²) in [5.41, 5.74) is 1.14. The molecule has 0 aliphatic heterocycles. The minimum Gasteiger partial charge on any atom is -0.504 e. The van der Waals surface area contributed by atoms with Gasteiger partial charge < -0.3 is 19.1 Å². The Kier molecular flexibility index (Phi) is 5.01. The minimum absolute atomic E-state index is 0.457. The van der Waals surface area contributed by atoms with Gasteiger partial charge in [0.25, 0.3) is 0 Å². The van der Waals surface area contributed by atoms with Crippen LogP contribution in [0.3, 0.4) is 0 Å². The fourth-order valence-corrected chi connectivity index (χ4v) is 2.33. The van der Waals surface area contributed by atoms with Gasteiger partial charge >= 0.3 is 6.36 Å². The molecule has 0 saturated heterocycles. The van der Waals surface area contributed by atoms with Crippen molar-refractivity contribution in [1.82, 2.24) is 9.55 Å². The molecule has 1 N–H and O–H groups in total. The first-order valence-corrected chi connectivity index (χ1v) is 7.68. The van der Waals surface area contributed by atoms with Crippen LogP contribution in [0.5, 0.6) is 17.2 Å². The first kappa shape index (κ1) is 17.7. The van der Waals surface area contributed by atoms with E-state index in [1.54, 1.807) is 36.8 Å². The number of imidazole rings is 1. The van der Waals surface area contributed by atoms with Crippen molar-refractivity contribution in [2.75, 3.05) is 6.61 Å². The number of benzene rings is 2. The number of ether oxygens (including phenoxy) is 2. The molecular formula is C18H15F3N2O3. The lowest BCUT2D eigenvalue weighted by Crippen LogP contribution is -2.17. The molecule has 26 heavy (non-hydrogen) atoms. The normalized spacial score (nSPS) is 11.3. The van der Waals surface area contributed by atoms with E-state index in [0.717, 1.165) is 12.1 Å². The van der Waals surface area contributed by atoms with Crippen molar-refractivity contribution in [2.45, 2.75) is 12.9 Å². The molecule has 2 aromatic carbocycles. The van der Waals surface area contributed by atoms with Gasteiger partial charge in [0.05, 0.1) is 12.9 Å². The summed E-state index contributed by atoms with van der Waals surface area (Å²) in [7, 11) is 0. The number of phenols is 1. The fraction of sp³-hybridized carbons (Fsp3) is 0.167. The van der Waals surface area contributed by atoms with Gasteiger partial charge in [0, 0.05) is 12.4 Å². The molecule has 0 fully saturated rings. The third kappa shape index (κ3) is 4.69. The maximum absolute atomic E-state index is 12.4. The summed E-state index contributed by atoms with van der Waals surface area (Å²) in [6.07, 6.45) is 0.335. The number of aromatic nitrogens is 2. The first-order valence-electron chi connectivity index (χ1n) is 7.68. The monoisotopic (exact) mass is 364 g/mol. The molecule has 0 unspecified atom stereocenters. The van der Waals surface area contributed by atoms with E-state index in [2.05, 4.69) is 9.72 Å². The predicted molar refractivity (Wildman–Crippen MR) is 87.9 cm³/mol. The lowest BCUT2D eigenvalue weighted by molar-refractivity contribution is -0.275.